The molecular formula is C7H7F2NO2S. The Hall–Kier alpha value is -0.780. The van der Waals surface area contributed by atoms with Crippen LogP contribution in [0.25, 0.3) is 0 Å². The summed E-state index contributed by atoms with van der Waals surface area (Å²) in [5.74, 6) is -2.83. The van der Waals surface area contributed by atoms with Crippen molar-refractivity contribution in [1.82, 2.24) is 4.37 Å². The Morgan fingerprint density at radius 1 is 1.62 bits per heavy atom. The summed E-state index contributed by atoms with van der Waals surface area (Å²) in [5, 5.41) is 0. The highest BCUT2D eigenvalue weighted by molar-refractivity contribution is 7.02. The lowest BCUT2D eigenvalue weighted by molar-refractivity contribution is 0.00702. The van der Waals surface area contributed by atoms with Crippen LogP contribution in [-0.4, -0.2) is 10.3 Å². The van der Waals surface area contributed by atoms with E-state index in [2.05, 4.69) is 8.79 Å². The maximum atomic E-state index is 12.7. The molecule has 2 rings (SSSR count). The van der Waals surface area contributed by atoms with Crippen LogP contribution in [0, 0.1) is 0 Å². The minimum absolute atomic E-state index is 0.140. The Morgan fingerprint density at radius 2 is 2.38 bits per heavy atom. The van der Waals surface area contributed by atoms with E-state index in [1.807, 2.05) is 0 Å². The van der Waals surface area contributed by atoms with Gasteiger partial charge in [-0.1, -0.05) is 0 Å². The van der Waals surface area contributed by atoms with Crippen LogP contribution in [0.2, 0.25) is 0 Å². The second-order valence-electron chi connectivity index (χ2n) is 3.17. The molecule has 1 aliphatic rings. The molecule has 6 heteroatoms. The third-order valence-electron chi connectivity index (χ3n) is 2.15. The van der Waals surface area contributed by atoms with Gasteiger partial charge in [-0.05, 0) is 6.42 Å². The standard InChI is InChI=1S/C7H7F2NO2S/c8-7(9)2-1-4(3-7)5-10-13-6(11)12-5/h4H,1-3H2. The molecule has 0 saturated heterocycles. The van der Waals surface area contributed by atoms with Crippen molar-refractivity contribution in [2.24, 2.45) is 0 Å². The van der Waals surface area contributed by atoms with Crippen LogP contribution in [0.3, 0.4) is 0 Å². The van der Waals surface area contributed by atoms with E-state index in [0.29, 0.717) is 18.0 Å². The lowest BCUT2D eigenvalue weighted by Crippen LogP contribution is -2.09. The highest BCUT2D eigenvalue weighted by Crippen LogP contribution is 2.43. The average molecular weight is 207 g/mol. The van der Waals surface area contributed by atoms with Crippen molar-refractivity contribution >= 4 is 11.5 Å². The summed E-state index contributed by atoms with van der Waals surface area (Å²) in [6.45, 7) is 0. The number of rotatable bonds is 1. The van der Waals surface area contributed by atoms with Gasteiger partial charge in [0.05, 0.1) is 0 Å². The smallest absolute Gasteiger partial charge is 0.398 e. The molecule has 1 unspecified atom stereocenters. The van der Waals surface area contributed by atoms with Crippen molar-refractivity contribution in [3.8, 4) is 0 Å². The molecule has 0 amide bonds. The fraction of sp³-hybridized carbons (Fsp3) is 0.714. The number of alkyl halides is 2. The summed E-state index contributed by atoms with van der Waals surface area (Å²) in [6, 6.07) is 0. The Kier molecular flexibility index (Phi) is 1.94. The predicted octanol–water partition coefficient (Wildman–Crippen LogP) is 2.00. The van der Waals surface area contributed by atoms with E-state index in [-0.39, 0.29) is 24.7 Å². The lowest BCUT2D eigenvalue weighted by Gasteiger charge is -2.06. The van der Waals surface area contributed by atoms with E-state index in [1.54, 1.807) is 0 Å². The monoisotopic (exact) mass is 207 g/mol. The molecule has 3 nitrogen and oxygen atoms in total. The number of hydrogen-bond donors (Lipinski definition) is 0. The highest BCUT2D eigenvalue weighted by atomic mass is 32.1. The van der Waals surface area contributed by atoms with Crippen molar-refractivity contribution in [1.29, 1.82) is 0 Å². The second kappa shape index (κ2) is 2.87. The van der Waals surface area contributed by atoms with Crippen LogP contribution < -0.4 is 4.94 Å². The first-order valence-corrected chi connectivity index (χ1v) is 4.69. The van der Waals surface area contributed by atoms with Crippen LogP contribution in [0.4, 0.5) is 8.78 Å². The zero-order valence-corrected chi connectivity index (χ0v) is 7.44. The third-order valence-corrected chi connectivity index (χ3v) is 2.65. The van der Waals surface area contributed by atoms with Gasteiger partial charge < -0.3 is 4.42 Å². The third kappa shape index (κ3) is 1.77. The Morgan fingerprint density at radius 3 is 2.85 bits per heavy atom. The summed E-state index contributed by atoms with van der Waals surface area (Å²) in [4.78, 5) is 10.1. The molecule has 0 aromatic carbocycles. The van der Waals surface area contributed by atoms with Crippen molar-refractivity contribution in [2.45, 2.75) is 31.1 Å². The minimum Gasteiger partial charge on any atom is -0.398 e. The Balaban J connectivity index is 2.17. The normalized spacial score (nSPS) is 26.5. The van der Waals surface area contributed by atoms with Gasteiger partial charge in [-0.25, -0.2) is 13.6 Å². The first kappa shape index (κ1) is 8.80. The highest BCUT2D eigenvalue weighted by Gasteiger charge is 2.42. The van der Waals surface area contributed by atoms with E-state index in [1.165, 1.54) is 0 Å². The fourth-order valence-corrected chi connectivity index (χ4v) is 2.00. The van der Waals surface area contributed by atoms with Crippen LogP contribution in [-0.2, 0) is 0 Å². The fourth-order valence-electron chi connectivity index (χ4n) is 1.52. The van der Waals surface area contributed by atoms with E-state index >= 15 is 0 Å². The number of aromatic nitrogens is 1. The molecule has 0 bridgehead atoms. The molecule has 1 heterocycles. The van der Waals surface area contributed by atoms with Crippen LogP contribution >= 0.6 is 11.5 Å². The molecule has 1 aliphatic carbocycles. The van der Waals surface area contributed by atoms with Crippen LogP contribution in [0.1, 0.15) is 31.1 Å². The SMILES string of the molecule is O=c1oc(C2CCC(F)(F)C2)ns1. The summed E-state index contributed by atoms with van der Waals surface area (Å²) in [5.41, 5.74) is 0. The topological polar surface area (TPSA) is 43.1 Å². The van der Waals surface area contributed by atoms with Crippen LogP contribution in [0.5, 0.6) is 0 Å². The molecule has 0 aliphatic heterocycles. The van der Waals surface area contributed by atoms with E-state index in [0.717, 1.165) is 0 Å². The number of hydrogen-bond acceptors (Lipinski definition) is 4. The maximum Gasteiger partial charge on any atom is 0.414 e. The van der Waals surface area contributed by atoms with Crippen molar-refractivity contribution in [3.05, 3.63) is 15.6 Å². The quantitative estimate of drug-likeness (QED) is 0.707. The van der Waals surface area contributed by atoms with Gasteiger partial charge in [-0.3, -0.25) is 0 Å². The molecular weight excluding hydrogens is 200 g/mol. The zero-order valence-electron chi connectivity index (χ0n) is 6.63. The summed E-state index contributed by atoms with van der Waals surface area (Å²) in [6.07, 6.45) is -0.0434. The van der Waals surface area contributed by atoms with Crippen LogP contribution in [0.15, 0.2) is 9.21 Å². The maximum absolute atomic E-state index is 12.7. The van der Waals surface area contributed by atoms with Gasteiger partial charge in [0, 0.05) is 30.3 Å². The van der Waals surface area contributed by atoms with E-state index in [4.69, 9.17) is 0 Å². The number of halogens is 2. The molecule has 0 N–H and O–H groups in total. The largest absolute Gasteiger partial charge is 0.414 e. The average Bonchev–Trinajstić information content (AvgIpc) is 2.56. The molecule has 0 spiro atoms. The molecule has 1 atom stereocenters. The van der Waals surface area contributed by atoms with Gasteiger partial charge in [0.25, 0.3) is 0 Å². The first-order chi connectivity index (χ1) is 6.07. The molecule has 0 radical (unpaired) electrons. The van der Waals surface area contributed by atoms with Gasteiger partial charge in [-0.15, -0.1) is 0 Å². The summed E-state index contributed by atoms with van der Waals surface area (Å²) in [7, 11) is 0. The van der Waals surface area contributed by atoms with Gasteiger partial charge in [0.15, 0.2) is 0 Å². The Labute approximate surface area is 76.5 Å². The summed E-state index contributed by atoms with van der Waals surface area (Å²) >= 11 is 0.674. The minimum atomic E-state index is -2.62. The molecule has 1 saturated carbocycles. The van der Waals surface area contributed by atoms with Gasteiger partial charge in [-0.2, -0.15) is 4.37 Å². The predicted molar refractivity (Wildman–Crippen MR) is 42.2 cm³/mol. The zero-order chi connectivity index (χ0) is 9.47. The van der Waals surface area contributed by atoms with Gasteiger partial charge >= 0.3 is 4.94 Å². The van der Waals surface area contributed by atoms with Crippen molar-refractivity contribution < 1.29 is 13.2 Å². The van der Waals surface area contributed by atoms with Crippen molar-refractivity contribution in [3.63, 3.8) is 0 Å². The summed E-state index contributed by atoms with van der Waals surface area (Å²) < 4.78 is 33.9. The second-order valence-corrected chi connectivity index (χ2v) is 3.87. The Bertz CT molecular complexity index is 359. The molecule has 1 aromatic heterocycles. The van der Waals surface area contributed by atoms with E-state index in [9.17, 15) is 13.6 Å². The molecule has 72 valence electrons. The molecule has 1 fully saturated rings. The molecule has 1 aromatic rings. The number of nitrogens with zero attached hydrogens (tertiary/aromatic N) is 1. The first-order valence-electron chi connectivity index (χ1n) is 3.91. The van der Waals surface area contributed by atoms with Crippen molar-refractivity contribution in [2.75, 3.05) is 0 Å². The lowest BCUT2D eigenvalue weighted by atomic mass is 10.1. The molecule has 13 heavy (non-hydrogen) atoms. The van der Waals surface area contributed by atoms with Gasteiger partial charge in [0.1, 0.15) is 0 Å². The van der Waals surface area contributed by atoms with E-state index < -0.39 is 10.9 Å². The van der Waals surface area contributed by atoms with Gasteiger partial charge in [0.2, 0.25) is 11.8 Å².